The van der Waals surface area contributed by atoms with Gasteiger partial charge in [-0.1, -0.05) is 60.7 Å². The van der Waals surface area contributed by atoms with Crippen LogP contribution in [-0.2, 0) is 18.0 Å². The number of hydrogen-bond donors (Lipinski definition) is 1. The van der Waals surface area contributed by atoms with Crippen LogP contribution in [0, 0.1) is 0 Å². The molecule has 16 nitrogen and oxygen atoms in total. The van der Waals surface area contributed by atoms with Gasteiger partial charge < -0.3 is 53.0 Å². The molecule has 6 aromatic rings. The van der Waals surface area contributed by atoms with Gasteiger partial charge in [0.15, 0.2) is 23.0 Å². The molecular weight excluding hydrogens is 1000 g/mol. The maximum atomic E-state index is 13.1. The Balaban J connectivity index is 0.000000170. The van der Waals surface area contributed by atoms with Crippen molar-refractivity contribution in [3.63, 3.8) is 0 Å². The summed E-state index contributed by atoms with van der Waals surface area (Å²) < 4.78 is 40.1. The summed E-state index contributed by atoms with van der Waals surface area (Å²) >= 11 is 0. The van der Waals surface area contributed by atoms with E-state index >= 15 is 0 Å². The predicted octanol–water partition coefficient (Wildman–Crippen LogP) is 8.34. The zero-order chi connectivity index (χ0) is 54.2. The first-order valence-corrected chi connectivity index (χ1v) is 27.9. The lowest BCUT2D eigenvalue weighted by Gasteiger charge is -2.39. The number of epoxide rings is 1. The van der Waals surface area contributed by atoms with Crippen molar-refractivity contribution < 1.29 is 47.9 Å². The maximum absolute atomic E-state index is 13.1. The van der Waals surface area contributed by atoms with E-state index in [4.69, 9.17) is 33.2 Å². The Hall–Kier alpha value is -7.24. The van der Waals surface area contributed by atoms with Crippen molar-refractivity contribution in [1.82, 2.24) is 29.6 Å². The number of carbonyl (C=O) groups excluding carboxylic acids is 2. The average Bonchev–Trinajstić information content (AvgIpc) is 4.33. The van der Waals surface area contributed by atoms with Gasteiger partial charge in [-0.2, -0.15) is 0 Å². The molecule has 0 bridgehead atoms. The smallest absolute Gasteiger partial charge is 0.272 e. The van der Waals surface area contributed by atoms with E-state index in [9.17, 15) is 14.7 Å². The third-order valence-electron chi connectivity index (χ3n) is 15.7. The quantitative estimate of drug-likeness (QED) is 0.0646. The van der Waals surface area contributed by atoms with Gasteiger partial charge in [-0.25, -0.2) is 0 Å². The molecule has 12 rings (SSSR count). The lowest BCUT2D eigenvalue weighted by Crippen LogP contribution is -2.48. The fraction of sp³-hybridized carbons (Fsp3) is 0.429. The Kier molecular flexibility index (Phi) is 16.9. The molecule has 0 unspecified atom stereocenters. The van der Waals surface area contributed by atoms with E-state index in [1.54, 1.807) is 55.8 Å². The van der Waals surface area contributed by atoms with Gasteiger partial charge in [0.2, 0.25) is 0 Å². The number of pyridine rings is 2. The molecule has 2 atom stereocenters. The molecule has 6 aliphatic rings. The predicted molar refractivity (Wildman–Crippen MR) is 298 cm³/mol. The molecule has 79 heavy (non-hydrogen) atoms. The van der Waals surface area contributed by atoms with Crippen molar-refractivity contribution in [3.05, 3.63) is 166 Å². The molecule has 2 amide bonds. The summed E-state index contributed by atoms with van der Waals surface area (Å²) in [6, 6.07) is 36.3. The Morgan fingerprint density at radius 1 is 0.570 bits per heavy atom. The summed E-state index contributed by atoms with van der Waals surface area (Å²) in [4.78, 5) is 42.7. The van der Waals surface area contributed by atoms with Crippen LogP contribution in [-0.4, -0.2) is 159 Å². The lowest BCUT2D eigenvalue weighted by molar-refractivity contribution is 0.0503. The first-order valence-electron chi connectivity index (χ1n) is 27.9. The van der Waals surface area contributed by atoms with E-state index in [1.165, 1.54) is 36.8 Å². The third-order valence-corrected chi connectivity index (χ3v) is 15.7. The number of aliphatic hydroxyl groups excluding tert-OH is 1. The summed E-state index contributed by atoms with van der Waals surface area (Å²) in [6.07, 6.45) is 7.98. The highest BCUT2D eigenvalue weighted by atomic mass is 16.6. The first kappa shape index (κ1) is 53.7. The van der Waals surface area contributed by atoms with Crippen LogP contribution in [0.3, 0.4) is 0 Å². The molecule has 6 heterocycles. The van der Waals surface area contributed by atoms with Crippen molar-refractivity contribution >= 4 is 11.8 Å². The first-order chi connectivity index (χ1) is 38.6. The molecule has 16 heteroatoms. The molecule has 4 aromatic carbocycles. The summed E-state index contributed by atoms with van der Waals surface area (Å²) in [5.74, 6) is 5.76. The van der Waals surface area contributed by atoms with E-state index in [-0.39, 0.29) is 36.4 Å². The summed E-state index contributed by atoms with van der Waals surface area (Å²) in [7, 11) is 5.42. The number of benzene rings is 4. The fourth-order valence-electron chi connectivity index (χ4n) is 10.2. The second-order valence-corrected chi connectivity index (χ2v) is 21.8. The molecule has 2 aliphatic carbocycles. The van der Waals surface area contributed by atoms with Crippen molar-refractivity contribution in [2.24, 2.45) is 0 Å². The van der Waals surface area contributed by atoms with Gasteiger partial charge in [-0.05, 0) is 114 Å². The number of aromatic nitrogens is 2. The molecule has 0 spiro atoms. The molecule has 4 saturated heterocycles. The standard InChI is InChI=1S/C34H42N4O5.C29H30N2O5/c1-36-13-15-37(16-14-36)21-29(39)23-42-30-11-12-35-31(18-30)34(40)38-19-28(20-38)27-9-10-32(33(17-27)41-2)43-22-24-3-5-25(6-4-24)26-7-8-26;1-33-28-12-22(8-9-27(28)36-16-19-2-4-20(5-3-19)21-6-7-21)23-14-31(15-23)29(32)26-13-24(10-11-30-26)34-17-25-18-35-25/h3-6,9-12,17-18,26,28-29,39H,7-8,13-16,19-23H2,1-2H3;2-5,8-13,21,23,25H,6-7,14-18H2,1H3/t29-;25-/m10/s1. The third kappa shape index (κ3) is 14.2. The van der Waals surface area contributed by atoms with Crippen molar-refractivity contribution in [2.45, 2.75) is 74.8 Å². The number of piperazine rings is 1. The molecular formula is C63H72N6O10. The zero-order valence-electron chi connectivity index (χ0n) is 45.5. The van der Waals surface area contributed by atoms with Crippen LogP contribution in [0.4, 0.5) is 0 Å². The second-order valence-electron chi connectivity index (χ2n) is 21.8. The molecule has 414 valence electrons. The van der Waals surface area contributed by atoms with E-state index in [2.05, 4.69) is 87.5 Å². The Morgan fingerprint density at radius 2 is 1.03 bits per heavy atom. The average molecular weight is 1070 g/mol. The van der Waals surface area contributed by atoms with Crippen LogP contribution in [0.2, 0.25) is 0 Å². The number of nitrogens with zero attached hydrogens (tertiary/aromatic N) is 6. The number of likely N-dealkylation sites (N-methyl/N-ethyl adjacent to an activating group) is 1. The number of β-amino-alcohol motifs (C(OH)–C–C–N with tert-alkyl or cyclic N) is 1. The number of likely N-dealkylation sites (tertiary alicyclic amines) is 2. The zero-order valence-corrected chi connectivity index (χ0v) is 45.5. The normalized spacial score (nSPS) is 18.8. The van der Waals surface area contributed by atoms with E-state index < -0.39 is 6.10 Å². The number of ether oxygens (including phenoxy) is 7. The molecule has 4 aliphatic heterocycles. The van der Waals surface area contributed by atoms with E-state index in [0.717, 1.165) is 72.6 Å². The second kappa shape index (κ2) is 24.8. The van der Waals surface area contributed by atoms with Crippen LogP contribution in [0.5, 0.6) is 34.5 Å². The Morgan fingerprint density at radius 3 is 1.47 bits per heavy atom. The van der Waals surface area contributed by atoms with Crippen molar-refractivity contribution in [3.8, 4) is 34.5 Å². The number of methoxy groups -OCH3 is 2. The van der Waals surface area contributed by atoms with Crippen LogP contribution in [0.25, 0.3) is 0 Å². The van der Waals surface area contributed by atoms with Gasteiger partial charge in [-0.15, -0.1) is 0 Å². The lowest BCUT2D eigenvalue weighted by atomic mass is 9.91. The largest absolute Gasteiger partial charge is 0.493 e. The number of aliphatic hydroxyl groups is 1. The number of rotatable bonds is 22. The monoisotopic (exact) mass is 1070 g/mol. The minimum atomic E-state index is -0.598. The summed E-state index contributed by atoms with van der Waals surface area (Å²) in [5.41, 5.74) is 8.10. The minimum absolute atomic E-state index is 0.0843. The highest BCUT2D eigenvalue weighted by molar-refractivity contribution is 5.94. The fourth-order valence-corrected chi connectivity index (χ4v) is 10.2. The van der Waals surface area contributed by atoms with Gasteiger partial charge in [0.05, 0.1) is 20.8 Å². The van der Waals surface area contributed by atoms with Gasteiger partial charge in [-0.3, -0.25) is 24.5 Å². The molecule has 2 aromatic heterocycles. The minimum Gasteiger partial charge on any atom is -0.493 e. The summed E-state index contributed by atoms with van der Waals surface area (Å²) in [5, 5.41) is 10.5. The maximum Gasteiger partial charge on any atom is 0.272 e. The van der Waals surface area contributed by atoms with Crippen LogP contribution < -0.4 is 28.4 Å². The number of carbonyl (C=O) groups is 2. The van der Waals surface area contributed by atoms with Crippen LogP contribution in [0.15, 0.2) is 122 Å². The molecule has 1 N–H and O–H groups in total. The van der Waals surface area contributed by atoms with Crippen LogP contribution in [0.1, 0.15) is 104 Å². The van der Waals surface area contributed by atoms with E-state index in [1.807, 2.05) is 29.2 Å². The van der Waals surface area contributed by atoms with Gasteiger partial charge in [0, 0.05) is 95.3 Å². The topological polar surface area (TPSA) is 161 Å². The van der Waals surface area contributed by atoms with Crippen molar-refractivity contribution in [2.75, 3.05) is 100.0 Å². The SMILES string of the molecule is COc1cc(C2CN(C(=O)c3cc(OC[C@H](O)CN4CCN(C)CC4)ccn3)C2)ccc1OCc1ccc(C2CC2)cc1.COc1cc(C2CN(C(=O)c3cc(OC[C@H]4CO4)ccn3)C2)ccc1OCc1ccc(C2CC2)cc1. The molecule has 2 saturated carbocycles. The van der Waals surface area contributed by atoms with Gasteiger partial charge in [0.1, 0.15) is 61.5 Å². The van der Waals surface area contributed by atoms with Gasteiger partial charge in [0.25, 0.3) is 11.8 Å². The highest BCUT2D eigenvalue weighted by Crippen LogP contribution is 2.42. The van der Waals surface area contributed by atoms with Crippen LogP contribution >= 0.6 is 0 Å². The summed E-state index contributed by atoms with van der Waals surface area (Å²) in [6.45, 7) is 9.33. The number of hydrogen-bond acceptors (Lipinski definition) is 14. The highest BCUT2D eigenvalue weighted by Gasteiger charge is 2.35. The van der Waals surface area contributed by atoms with E-state index in [0.29, 0.717) is 92.7 Å². The van der Waals surface area contributed by atoms with Crippen molar-refractivity contribution in [1.29, 1.82) is 0 Å². The van der Waals surface area contributed by atoms with Gasteiger partial charge >= 0.3 is 0 Å². The Labute approximate surface area is 463 Å². The molecule has 6 fully saturated rings. The Bertz CT molecular complexity index is 3020. The molecule has 0 radical (unpaired) electrons. The number of amides is 2.